The lowest BCUT2D eigenvalue weighted by molar-refractivity contribution is 0.526. The van der Waals surface area contributed by atoms with Gasteiger partial charge in [0, 0.05) is 0 Å². The molecule has 0 fully saturated rings. The summed E-state index contributed by atoms with van der Waals surface area (Å²) in [5.74, 6) is 0. The Labute approximate surface area is 207 Å². The third-order valence-electron chi connectivity index (χ3n) is 6.91. The number of rotatable bonds is 26. The normalized spacial score (nSPS) is 10.9. The monoisotopic (exact) mass is 453 g/mol. The molecule has 0 saturated carbocycles. The molecule has 0 aromatic heterocycles. The summed E-state index contributed by atoms with van der Waals surface area (Å²) >= 11 is 0. The number of hydrogen-bond donors (Lipinski definition) is 0. The summed E-state index contributed by atoms with van der Waals surface area (Å²) in [6.07, 6.45) is 40.8. The SMILES string of the molecule is CCCCCCCCCCCC.CCCCCCCCCCCCCCCCCCCC. The minimum absolute atomic E-state index is 1.37. The third kappa shape index (κ3) is 37.3. The molecule has 0 atom stereocenters. The number of unbranched alkanes of at least 4 members (excludes halogenated alkanes) is 26. The predicted molar refractivity (Wildman–Crippen MR) is 152 cm³/mol. The van der Waals surface area contributed by atoms with E-state index in [0.29, 0.717) is 0 Å². The van der Waals surface area contributed by atoms with Gasteiger partial charge in [-0.2, -0.15) is 0 Å². The standard InChI is InChI=1S/C20H42.C12H26/c1-3-5-7-9-11-13-15-17-19-20-18-16-14-12-10-8-6-4-2;1-3-5-7-9-11-12-10-8-6-4-2/h3-20H2,1-2H3;3-12H2,1-2H3. The fraction of sp³-hybridized carbons (Fsp3) is 1.00. The summed E-state index contributed by atoms with van der Waals surface area (Å²) in [4.78, 5) is 0. The summed E-state index contributed by atoms with van der Waals surface area (Å²) < 4.78 is 0. The van der Waals surface area contributed by atoms with E-state index in [1.165, 1.54) is 180 Å². The van der Waals surface area contributed by atoms with E-state index < -0.39 is 0 Å². The van der Waals surface area contributed by atoms with Crippen molar-refractivity contribution < 1.29 is 0 Å². The van der Waals surface area contributed by atoms with Gasteiger partial charge in [0.15, 0.2) is 0 Å². The van der Waals surface area contributed by atoms with Crippen molar-refractivity contribution in [2.45, 2.75) is 207 Å². The van der Waals surface area contributed by atoms with Gasteiger partial charge in [-0.25, -0.2) is 0 Å². The molecule has 0 aliphatic heterocycles. The molecule has 0 heterocycles. The summed E-state index contributed by atoms with van der Waals surface area (Å²) in [6.45, 7) is 9.15. The zero-order valence-electron chi connectivity index (χ0n) is 23.8. The predicted octanol–water partition coefficient (Wildman–Crippen LogP) is 13.0. The smallest absolute Gasteiger partial charge is 0.0533 e. The van der Waals surface area contributed by atoms with Gasteiger partial charge in [0.1, 0.15) is 0 Å². The van der Waals surface area contributed by atoms with E-state index in [4.69, 9.17) is 0 Å². The summed E-state index contributed by atoms with van der Waals surface area (Å²) in [6, 6.07) is 0. The summed E-state index contributed by atoms with van der Waals surface area (Å²) in [5, 5.41) is 0. The van der Waals surface area contributed by atoms with Crippen molar-refractivity contribution in [1.82, 2.24) is 0 Å². The van der Waals surface area contributed by atoms with Crippen LogP contribution in [0.5, 0.6) is 0 Å². The second-order valence-electron chi connectivity index (χ2n) is 10.5. The molecule has 196 valence electrons. The first-order valence-electron chi connectivity index (χ1n) is 15.8. The molecule has 0 radical (unpaired) electrons. The molecule has 0 aliphatic rings. The fourth-order valence-electron chi connectivity index (χ4n) is 4.54. The fourth-order valence-corrected chi connectivity index (χ4v) is 4.54. The molecule has 0 rings (SSSR count). The summed E-state index contributed by atoms with van der Waals surface area (Å²) in [7, 11) is 0. The molecule has 0 N–H and O–H groups in total. The minimum Gasteiger partial charge on any atom is -0.0654 e. The molecule has 0 bridgehead atoms. The maximum Gasteiger partial charge on any atom is -0.0533 e. The molecular weight excluding hydrogens is 384 g/mol. The van der Waals surface area contributed by atoms with Gasteiger partial charge in [-0.05, 0) is 0 Å². The highest BCUT2D eigenvalue weighted by Gasteiger charge is 1.94. The Morgan fingerprint density at radius 1 is 0.156 bits per heavy atom. The quantitative estimate of drug-likeness (QED) is 0.114. The van der Waals surface area contributed by atoms with Crippen LogP contribution in [-0.2, 0) is 0 Å². The van der Waals surface area contributed by atoms with Crippen LogP contribution >= 0.6 is 0 Å². The van der Waals surface area contributed by atoms with E-state index >= 15 is 0 Å². The molecule has 32 heavy (non-hydrogen) atoms. The van der Waals surface area contributed by atoms with Crippen molar-refractivity contribution in [1.29, 1.82) is 0 Å². The van der Waals surface area contributed by atoms with Gasteiger partial charge in [-0.15, -0.1) is 0 Å². The first kappa shape index (κ1) is 34.2. The molecule has 0 heteroatoms. The van der Waals surface area contributed by atoms with E-state index in [2.05, 4.69) is 27.7 Å². The van der Waals surface area contributed by atoms with Gasteiger partial charge in [0.2, 0.25) is 0 Å². The topological polar surface area (TPSA) is 0 Å². The Hall–Kier alpha value is 0. The van der Waals surface area contributed by atoms with Gasteiger partial charge in [-0.1, -0.05) is 207 Å². The maximum absolute atomic E-state index is 2.30. The van der Waals surface area contributed by atoms with Gasteiger partial charge in [0.25, 0.3) is 0 Å². The molecule has 0 nitrogen and oxygen atoms in total. The van der Waals surface area contributed by atoms with Crippen molar-refractivity contribution in [3.8, 4) is 0 Å². The van der Waals surface area contributed by atoms with Crippen LogP contribution in [0.2, 0.25) is 0 Å². The van der Waals surface area contributed by atoms with E-state index in [-0.39, 0.29) is 0 Å². The molecule has 0 unspecified atom stereocenters. The molecule has 0 spiro atoms. The highest BCUT2D eigenvalue weighted by Crippen LogP contribution is 2.14. The average Bonchev–Trinajstić information content (AvgIpc) is 2.81. The second kappa shape index (κ2) is 35.6. The Bertz CT molecular complexity index is 241. The van der Waals surface area contributed by atoms with Crippen LogP contribution in [0.15, 0.2) is 0 Å². The van der Waals surface area contributed by atoms with Crippen LogP contribution in [0.4, 0.5) is 0 Å². The van der Waals surface area contributed by atoms with Gasteiger partial charge >= 0.3 is 0 Å². The Morgan fingerprint density at radius 3 is 0.344 bits per heavy atom. The van der Waals surface area contributed by atoms with Crippen LogP contribution in [0.25, 0.3) is 0 Å². The van der Waals surface area contributed by atoms with Crippen LogP contribution < -0.4 is 0 Å². The van der Waals surface area contributed by atoms with Crippen molar-refractivity contribution in [2.24, 2.45) is 0 Å². The van der Waals surface area contributed by atoms with E-state index in [1.807, 2.05) is 0 Å². The van der Waals surface area contributed by atoms with E-state index in [0.717, 1.165) is 0 Å². The first-order chi connectivity index (χ1) is 15.8. The average molecular weight is 453 g/mol. The van der Waals surface area contributed by atoms with Crippen LogP contribution in [0, 0.1) is 0 Å². The van der Waals surface area contributed by atoms with Gasteiger partial charge < -0.3 is 0 Å². The highest BCUT2D eigenvalue weighted by molar-refractivity contribution is 4.50. The first-order valence-corrected chi connectivity index (χ1v) is 15.8. The second-order valence-corrected chi connectivity index (χ2v) is 10.5. The molecule has 0 amide bonds. The van der Waals surface area contributed by atoms with Crippen molar-refractivity contribution in [3.63, 3.8) is 0 Å². The minimum atomic E-state index is 1.37. The van der Waals surface area contributed by atoms with Crippen molar-refractivity contribution in [2.75, 3.05) is 0 Å². The molecule has 0 aromatic carbocycles. The Balaban J connectivity index is 0. The van der Waals surface area contributed by atoms with Crippen LogP contribution in [0.3, 0.4) is 0 Å². The van der Waals surface area contributed by atoms with Crippen LogP contribution in [0.1, 0.15) is 207 Å². The Kier molecular flexibility index (Phi) is 38.0. The molecule has 0 saturated heterocycles. The van der Waals surface area contributed by atoms with Gasteiger partial charge in [0.05, 0.1) is 0 Å². The van der Waals surface area contributed by atoms with Crippen molar-refractivity contribution in [3.05, 3.63) is 0 Å². The van der Waals surface area contributed by atoms with Gasteiger partial charge in [-0.3, -0.25) is 0 Å². The Morgan fingerprint density at radius 2 is 0.250 bits per heavy atom. The lowest BCUT2D eigenvalue weighted by atomic mass is 10.0. The largest absolute Gasteiger partial charge is 0.0654 e. The lowest BCUT2D eigenvalue weighted by Gasteiger charge is -2.03. The van der Waals surface area contributed by atoms with Crippen molar-refractivity contribution >= 4 is 0 Å². The molecule has 0 aliphatic carbocycles. The summed E-state index contributed by atoms with van der Waals surface area (Å²) in [5.41, 5.74) is 0. The van der Waals surface area contributed by atoms with Crippen LogP contribution in [-0.4, -0.2) is 0 Å². The number of hydrogen-bond acceptors (Lipinski definition) is 0. The zero-order valence-corrected chi connectivity index (χ0v) is 23.8. The van der Waals surface area contributed by atoms with E-state index in [1.54, 1.807) is 0 Å². The van der Waals surface area contributed by atoms with E-state index in [9.17, 15) is 0 Å². The lowest BCUT2D eigenvalue weighted by Crippen LogP contribution is -1.83. The third-order valence-corrected chi connectivity index (χ3v) is 6.91. The zero-order chi connectivity index (χ0) is 23.8. The molecule has 0 aromatic rings. The maximum atomic E-state index is 2.30. The highest BCUT2D eigenvalue weighted by atomic mass is 14.0. The molecular formula is C32H68.